The van der Waals surface area contributed by atoms with Crippen LogP contribution in [0.3, 0.4) is 0 Å². The van der Waals surface area contributed by atoms with Crippen LogP contribution >= 0.6 is 0 Å². The molecule has 0 aromatic rings. The lowest BCUT2D eigenvalue weighted by Gasteiger charge is -2.55. The van der Waals surface area contributed by atoms with Crippen molar-refractivity contribution in [2.75, 3.05) is 0 Å². The van der Waals surface area contributed by atoms with Crippen LogP contribution in [0.5, 0.6) is 0 Å². The number of ketones is 1. The molecule has 1 N–H and O–H groups in total. The number of allylic oxidation sites excluding steroid dienone is 1. The second-order valence-corrected chi connectivity index (χ2v) is 8.68. The SMILES string of the molecule is CC[C@]1(O)CC[C@@H]2[C@@H]3CCC4=CC(=O)CC[C@@H]4[C@H]3CC[C@]21C. The molecule has 0 spiro atoms. The fourth-order valence-electron chi connectivity index (χ4n) is 6.87. The summed E-state index contributed by atoms with van der Waals surface area (Å²) in [6, 6.07) is 0. The van der Waals surface area contributed by atoms with Crippen molar-refractivity contribution in [1.29, 1.82) is 0 Å². The van der Waals surface area contributed by atoms with Gasteiger partial charge in [-0.25, -0.2) is 0 Å². The number of fused-ring (bicyclic) bond motifs is 5. The molecule has 4 aliphatic carbocycles. The largest absolute Gasteiger partial charge is 0.389 e. The summed E-state index contributed by atoms with van der Waals surface area (Å²) in [6.07, 6.45) is 11.8. The monoisotopic (exact) mass is 302 g/mol. The number of aliphatic hydroxyl groups is 1. The first-order valence-electron chi connectivity index (χ1n) is 9.44. The fourth-order valence-corrected chi connectivity index (χ4v) is 6.87. The molecule has 0 radical (unpaired) electrons. The molecule has 122 valence electrons. The Morgan fingerprint density at radius 2 is 1.95 bits per heavy atom. The Kier molecular flexibility index (Phi) is 3.35. The fraction of sp³-hybridized carbons (Fsp3) is 0.850. The van der Waals surface area contributed by atoms with E-state index in [0.29, 0.717) is 17.6 Å². The Balaban J connectivity index is 1.63. The van der Waals surface area contributed by atoms with Gasteiger partial charge in [-0.15, -0.1) is 0 Å². The van der Waals surface area contributed by atoms with E-state index < -0.39 is 5.60 Å². The second-order valence-electron chi connectivity index (χ2n) is 8.68. The Morgan fingerprint density at radius 3 is 2.73 bits per heavy atom. The highest BCUT2D eigenvalue weighted by Gasteiger charge is 2.61. The molecule has 6 atom stereocenters. The maximum Gasteiger partial charge on any atom is 0.155 e. The molecule has 0 saturated heterocycles. The topological polar surface area (TPSA) is 37.3 Å². The maximum absolute atomic E-state index is 11.7. The summed E-state index contributed by atoms with van der Waals surface area (Å²) < 4.78 is 0. The molecule has 0 aliphatic heterocycles. The molecule has 3 fully saturated rings. The van der Waals surface area contributed by atoms with E-state index in [-0.39, 0.29) is 5.41 Å². The van der Waals surface area contributed by atoms with Gasteiger partial charge in [0, 0.05) is 6.42 Å². The lowest BCUT2D eigenvalue weighted by Crippen LogP contribution is -2.52. The van der Waals surface area contributed by atoms with Crippen molar-refractivity contribution in [2.45, 2.75) is 77.2 Å². The van der Waals surface area contributed by atoms with Gasteiger partial charge in [0.25, 0.3) is 0 Å². The van der Waals surface area contributed by atoms with Gasteiger partial charge in [-0.1, -0.05) is 19.4 Å². The Bertz CT molecular complexity index is 522. The molecule has 0 bridgehead atoms. The minimum absolute atomic E-state index is 0.134. The molecule has 3 saturated carbocycles. The van der Waals surface area contributed by atoms with E-state index in [9.17, 15) is 9.90 Å². The highest BCUT2D eigenvalue weighted by atomic mass is 16.3. The highest BCUT2D eigenvalue weighted by Crippen LogP contribution is 2.65. The zero-order chi connectivity index (χ0) is 15.5. The molecule has 4 aliphatic rings. The highest BCUT2D eigenvalue weighted by molar-refractivity contribution is 5.91. The smallest absolute Gasteiger partial charge is 0.155 e. The van der Waals surface area contributed by atoms with Crippen LogP contribution < -0.4 is 0 Å². The Hall–Kier alpha value is -0.630. The number of carbonyl (C=O) groups excluding carboxylic acids is 1. The minimum atomic E-state index is -0.429. The van der Waals surface area contributed by atoms with Crippen molar-refractivity contribution in [3.8, 4) is 0 Å². The minimum Gasteiger partial charge on any atom is -0.389 e. The summed E-state index contributed by atoms with van der Waals surface area (Å²) in [7, 11) is 0. The third-order valence-corrected chi connectivity index (χ3v) is 8.21. The molecule has 0 aromatic carbocycles. The average molecular weight is 302 g/mol. The van der Waals surface area contributed by atoms with Crippen molar-refractivity contribution in [3.63, 3.8) is 0 Å². The van der Waals surface area contributed by atoms with Crippen LogP contribution in [-0.2, 0) is 4.79 Å². The average Bonchev–Trinajstić information content (AvgIpc) is 2.79. The van der Waals surface area contributed by atoms with E-state index in [1.54, 1.807) is 0 Å². The van der Waals surface area contributed by atoms with Crippen molar-refractivity contribution in [3.05, 3.63) is 11.6 Å². The molecule has 4 rings (SSSR count). The zero-order valence-corrected chi connectivity index (χ0v) is 14.1. The zero-order valence-electron chi connectivity index (χ0n) is 14.1. The van der Waals surface area contributed by atoms with Crippen LogP contribution in [0.4, 0.5) is 0 Å². The first kappa shape index (κ1) is 14.9. The van der Waals surface area contributed by atoms with Crippen molar-refractivity contribution >= 4 is 5.78 Å². The van der Waals surface area contributed by atoms with Gasteiger partial charge >= 0.3 is 0 Å². The van der Waals surface area contributed by atoms with E-state index >= 15 is 0 Å². The van der Waals surface area contributed by atoms with Crippen molar-refractivity contribution < 1.29 is 9.90 Å². The van der Waals surface area contributed by atoms with Gasteiger partial charge in [0.2, 0.25) is 0 Å². The summed E-state index contributed by atoms with van der Waals surface area (Å²) in [5, 5.41) is 11.2. The predicted molar refractivity (Wildman–Crippen MR) is 87.3 cm³/mol. The molecular weight excluding hydrogens is 272 g/mol. The second kappa shape index (κ2) is 4.93. The molecule has 0 heterocycles. The number of carbonyl (C=O) groups is 1. The predicted octanol–water partition coefficient (Wildman–Crippen LogP) is 4.27. The lowest BCUT2D eigenvalue weighted by molar-refractivity contribution is -0.122. The quantitative estimate of drug-likeness (QED) is 0.785. The molecule has 0 unspecified atom stereocenters. The first-order valence-corrected chi connectivity index (χ1v) is 9.44. The number of hydrogen-bond acceptors (Lipinski definition) is 2. The van der Waals surface area contributed by atoms with E-state index in [4.69, 9.17) is 0 Å². The number of rotatable bonds is 1. The van der Waals surface area contributed by atoms with Crippen LogP contribution in [0.25, 0.3) is 0 Å². The van der Waals surface area contributed by atoms with E-state index in [1.807, 2.05) is 6.08 Å². The normalized spacial score (nSPS) is 50.9. The van der Waals surface area contributed by atoms with Gasteiger partial charge in [0.05, 0.1) is 5.60 Å². The summed E-state index contributed by atoms with van der Waals surface area (Å²) >= 11 is 0. The Morgan fingerprint density at radius 1 is 1.14 bits per heavy atom. The standard InChI is InChI=1S/C20H30O2/c1-3-20(22)11-9-18-17-6-4-13-12-14(21)5-7-15(13)16(17)8-10-19(18,20)2/h12,15-18,22H,3-11H2,1-2H3/t15-,16+,17+,18+,19+,20-/m0/s1. The third kappa shape index (κ3) is 1.85. The van der Waals surface area contributed by atoms with Crippen LogP contribution in [-0.4, -0.2) is 16.5 Å². The van der Waals surface area contributed by atoms with Gasteiger partial charge < -0.3 is 5.11 Å². The molecule has 0 aromatic heterocycles. The molecule has 0 amide bonds. The van der Waals surface area contributed by atoms with Crippen LogP contribution in [0.1, 0.15) is 71.6 Å². The van der Waals surface area contributed by atoms with E-state index in [2.05, 4.69) is 13.8 Å². The van der Waals surface area contributed by atoms with Gasteiger partial charge in [0.1, 0.15) is 0 Å². The van der Waals surface area contributed by atoms with Crippen LogP contribution in [0.15, 0.2) is 11.6 Å². The van der Waals surface area contributed by atoms with E-state index in [1.165, 1.54) is 31.3 Å². The molecule has 2 nitrogen and oxygen atoms in total. The van der Waals surface area contributed by atoms with Gasteiger partial charge in [0.15, 0.2) is 5.78 Å². The van der Waals surface area contributed by atoms with Gasteiger partial charge in [-0.2, -0.15) is 0 Å². The molecule has 2 heteroatoms. The van der Waals surface area contributed by atoms with Gasteiger partial charge in [-0.05, 0) is 86.5 Å². The van der Waals surface area contributed by atoms with E-state index in [0.717, 1.165) is 43.9 Å². The van der Waals surface area contributed by atoms with Crippen molar-refractivity contribution in [2.24, 2.45) is 29.1 Å². The van der Waals surface area contributed by atoms with Crippen molar-refractivity contribution in [1.82, 2.24) is 0 Å². The lowest BCUT2D eigenvalue weighted by atomic mass is 9.50. The summed E-state index contributed by atoms with van der Waals surface area (Å²) in [6.45, 7) is 4.54. The summed E-state index contributed by atoms with van der Waals surface area (Å²) in [5.41, 5.74) is 1.17. The Labute approximate surface area is 134 Å². The molecule has 22 heavy (non-hydrogen) atoms. The van der Waals surface area contributed by atoms with Gasteiger partial charge in [-0.3, -0.25) is 4.79 Å². The maximum atomic E-state index is 11.7. The van der Waals surface area contributed by atoms with Crippen LogP contribution in [0, 0.1) is 29.1 Å². The first-order chi connectivity index (χ1) is 10.5. The molecular formula is C20H30O2. The van der Waals surface area contributed by atoms with Crippen LogP contribution in [0.2, 0.25) is 0 Å². The number of hydrogen-bond donors (Lipinski definition) is 1. The summed E-state index contributed by atoms with van der Waals surface area (Å²) in [5.74, 6) is 3.30. The summed E-state index contributed by atoms with van der Waals surface area (Å²) in [4.78, 5) is 11.7. The third-order valence-electron chi connectivity index (χ3n) is 8.21.